The Balaban J connectivity index is 3.50. The largest absolute Gasteiger partial charge is 0.462 e. The molecule has 2 N–H and O–H groups in total. The second kappa shape index (κ2) is 32.3. The van der Waals surface area contributed by atoms with Crippen LogP contribution in [0.5, 0.6) is 0 Å². The summed E-state index contributed by atoms with van der Waals surface area (Å²) in [6.45, 7) is 4.20. The van der Waals surface area contributed by atoms with Crippen LogP contribution in [0.2, 0.25) is 0 Å². The number of esters is 2. The van der Waals surface area contributed by atoms with Crippen molar-refractivity contribution in [3.63, 3.8) is 0 Å². The first-order chi connectivity index (χ1) is 20.5. The Kier molecular flexibility index (Phi) is 31.0. The molecule has 248 valence electrons. The molecule has 0 fully saturated rings. The molecule has 0 aliphatic heterocycles. The minimum Gasteiger partial charge on any atom is -0.462 e. The van der Waals surface area contributed by atoms with E-state index >= 15 is 0 Å². The molecule has 0 aliphatic rings. The highest BCUT2D eigenvalue weighted by Gasteiger charge is 2.16. The van der Waals surface area contributed by atoms with Crippen molar-refractivity contribution in [3.05, 3.63) is 0 Å². The summed E-state index contributed by atoms with van der Waals surface area (Å²) in [6.07, 6.45) is 28.9. The number of carbonyl (C=O) groups excluding carboxylic acids is 3. The van der Waals surface area contributed by atoms with Gasteiger partial charge in [-0.15, -0.1) is 0 Å². The van der Waals surface area contributed by atoms with E-state index in [4.69, 9.17) is 9.47 Å². The molecule has 1 amide bonds. The Bertz CT molecular complexity index is 627. The van der Waals surface area contributed by atoms with Gasteiger partial charge in [0.1, 0.15) is 6.61 Å². The van der Waals surface area contributed by atoms with E-state index in [0.29, 0.717) is 12.8 Å². The summed E-state index contributed by atoms with van der Waals surface area (Å²) in [4.78, 5) is 34.9. The Morgan fingerprint density at radius 1 is 0.571 bits per heavy atom. The third-order valence-corrected chi connectivity index (χ3v) is 7.85. The monoisotopic (exact) mass is 597 g/mol. The second-order valence-electron chi connectivity index (χ2n) is 12.1. The lowest BCUT2D eigenvalue weighted by Crippen LogP contribution is -2.28. The van der Waals surface area contributed by atoms with Gasteiger partial charge in [0.15, 0.2) is 6.10 Å². The van der Waals surface area contributed by atoms with E-state index in [0.717, 1.165) is 51.5 Å². The molecule has 42 heavy (non-hydrogen) atoms. The van der Waals surface area contributed by atoms with E-state index in [9.17, 15) is 19.5 Å². The van der Waals surface area contributed by atoms with E-state index < -0.39 is 6.10 Å². The van der Waals surface area contributed by atoms with Crippen LogP contribution in [-0.4, -0.2) is 48.8 Å². The van der Waals surface area contributed by atoms with Crippen LogP contribution in [0, 0.1) is 0 Å². The van der Waals surface area contributed by atoms with E-state index in [-0.39, 0.29) is 31.1 Å². The van der Waals surface area contributed by atoms with E-state index in [1.165, 1.54) is 109 Å². The van der Waals surface area contributed by atoms with Gasteiger partial charge in [-0.05, 0) is 19.3 Å². The number of hydrogen-bond acceptors (Lipinski definition) is 6. The standard InChI is InChI=1S/C35H67NO6/c1-3-4-5-6-7-8-12-16-19-22-25-28-35(40)42-33(30-37)31-41-34(39)27-24-21-18-15-13-10-9-11-14-17-20-23-26-29-36-32(2)38/h33,37H,3-31H2,1-2H3,(H,36,38)/t33-/m0/s1. The van der Waals surface area contributed by atoms with Crippen LogP contribution in [-0.2, 0) is 23.9 Å². The summed E-state index contributed by atoms with van der Waals surface area (Å²) >= 11 is 0. The van der Waals surface area contributed by atoms with E-state index in [1.807, 2.05) is 0 Å². The molecule has 0 unspecified atom stereocenters. The van der Waals surface area contributed by atoms with Crippen molar-refractivity contribution < 1.29 is 29.0 Å². The fraction of sp³-hybridized carbons (Fsp3) is 0.914. The number of ether oxygens (including phenoxy) is 2. The smallest absolute Gasteiger partial charge is 0.306 e. The predicted octanol–water partition coefficient (Wildman–Crippen LogP) is 8.73. The van der Waals surface area contributed by atoms with Crippen molar-refractivity contribution in [1.82, 2.24) is 5.32 Å². The minimum absolute atomic E-state index is 0.0605. The van der Waals surface area contributed by atoms with Gasteiger partial charge in [-0.3, -0.25) is 14.4 Å². The molecule has 0 rings (SSSR count). The second-order valence-corrected chi connectivity index (χ2v) is 12.1. The van der Waals surface area contributed by atoms with Crippen LogP contribution in [0.3, 0.4) is 0 Å². The van der Waals surface area contributed by atoms with Crippen molar-refractivity contribution in [3.8, 4) is 0 Å². The SMILES string of the molecule is CCCCCCCCCCCCCC(=O)O[C@@H](CO)COC(=O)CCCCCCCCCCCCCCCNC(C)=O. The van der Waals surface area contributed by atoms with E-state index in [2.05, 4.69) is 12.2 Å². The van der Waals surface area contributed by atoms with Gasteiger partial charge < -0.3 is 19.9 Å². The molecule has 0 spiro atoms. The molecule has 0 aromatic rings. The highest BCUT2D eigenvalue weighted by Crippen LogP contribution is 2.14. The molecular formula is C35H67NO6. The summed E-state index contributed by atoms with van der Waals surface area (Å²) < 4.78 is 10.5. The number of hydrogen-bond donors (Lipinski definition) is 2. The third kappa shape index (κ3) is 31.3. The molecule has 1 atom stereocenters. The topological polar surface area (TPSA) is 102 Å². The Morgan fingerprint density at radius 2 is 0.952 bits per heavy atom. The predicted molar refractivity (Wildman–Crippen MR) is 172 cm³/mol. The maximum Gasteiger partial charge on any atom is 0.306 e. The summed E-state index contributed by atoms with van der Waals surface area (Å²) in [7, 11) is 0. The molecule has 0 radical (unpaired) electrons. The first kappa shape index (κ1) is 40.4. The number of unbranched alkanes of at least 4 members (excludes halogenated alkanes) is 22. The molecule has 0 aromatic heterocycles. The van der Waals surface area contributed by atoms with Crippen LogP contribution < -0.4 is 5.32 Å². The van der Waals surface area contributed by atoms with Crippen molar-refractivity contribution in [2.24, 2.45) is 0 Å². The fourth-order valence-corrected chi connectivity index (χ4v) is 5.16. The fourth-order valence-electron chi connectivity index (χ4n) is 5.16. The van der Waals surface area contributed by atoms with Crippen LogP contribution in [0.15, 0.2) is 0 Å². The van der Waals surface area contributed by atoms with Gasteiger partial charge in [0.05, 0.1) is 6.61 Å². The van der Waals surface area contributed by atoms with Gasteiger partial charge in [-0.1, -0.05) is 142 Å². The number of nitrogens with one attached hydrogen (secondary N) is 1. The maximum atomic E-state index is 12.1. The summed E-state index contributed by atoms with van der Waals surface area (Å²) in [5.41, 5.74) is 0. The minimum atomic E-state index is -0.774. The van der Waals surface area contributed by atoms with Crippen LogP contribution in [0.4, 0.5) is 0 Å². The lowest BCUT2D eigenvalue weighted by atomic mass is 10.0. The Morgan fingerprint density at radius 3 is 1.36 bits per heavy atom. The number of carbonyl (C=O) groups is 3. The molecule has 7 nitrogen and oxygen atoms in total. The van der Waals surface area contributed by atoms with Gasteiger partial charge in [0.25, 0.3) is 0 Å². The van der Waals surface area contributed by atoms with Gasteiger partial charge in [-0.25, -0.2) is 0 Å². The first-order valence-corrected chi connectivity index (χ1v) is 17.7. The highest BCUT2D eigenvalue weighted by molar-refractivity contribution is 5.72. The summed E-state index contributed by atoms with van der Waals surface area (Å²) in [5.74, 6) is -0.549. The van der Waals surface area contributed by atoms with Gasteiger partial charge in [0.2, 0.25) is 5.91 Å². The molecular weight excluding hydrogens is 530 g/mol. The molecule has 0 bridgehead atoms. The zero-order valence-corrected chi connectivity index (χ0v) is 27.6. The number of aliphatic hydroxyl groups is 1. The highest BCUT2D eigenvalue weighted by atomic mass is 16.6. The van der Waals surface area contributed by atoms with Crippen molar-refractivity contribution in [2.45, 2.75) is 187 Å². The van der Waals surface area contributed by atoms with Crippen LogP contribution in [0.1, 0.15) is 181 Å². The number of aliphatic hydroxyl groups excluding tert-OH is 1. The zero-order valence-electron chi connectivity index (χ0n) is 27.6. The van der Waals surface area contributed by atoms with Gasteiger partial charge >= 0.3 is 11.9 Å². The Labute approximate surface area is 258 Å². The first-order valence-electron chi connectivity index (χ1n) is 17.7. The van der Waals surface area contributed by atoms with Crippen LogP contribution in [0.25, 0.3) is 0 Å². The molecule has 7 heteroatoms. The lowest BCUT2D eigenvalue weighted by Gasteiger charge is -2.15. The van der Waals surface area contributed by atoms with Gasteiger partial charge in [0, 0.05) is 26.3 Å². The number of amides is 1. The zero-order chi connectivity index (χ0) is 30.9. The van der Waals surface area contributed by atoms with Crippen molar-refractivity contribution >= 4 is 17.8 Å². The maximum absolute atomic E-state index is 12.1. The normalized spacial score (nSPS) is 11.8. The van der Waals surface area contributed by atoms with Gasteiger partial charge in [-0.2, -0.15) is 0 Å². The lowest BCUT2D eigenvalue weighted by molar-refractivity contribution is -0.161. The molecule has 0 heterocycles. The summed E-state index contributed by atoms with van der Waals surface area (Å²) in [6, 6.07) is 0. The quantitative estimate of drug-likeness (QED) is 0.0594. The molecule has 0 aromatic carbocycles. The molecule has 0 saturated heterocycles. The Hall–Kier alpha value is -1.63. The number of rotatable bonds is 32. The van der Waals surface area contributed by atoms with Crippen LogP contribution >= 0.6 is 0 Å². The average Bonchev–Trinajstić information content (AvgIpc) is 2.97. The van der Waals surface area contributed by atoms with E-state index in [1.54, 1.807) is 6.92 Å². The van der Waals surface area contributed by atoms with Crippen molar-refractivity contribution in [1.29, 1.82) is 0 Å². The third-order valence-electron chi connectivity index (χ3n) is 7.85. The van der Waals surface area contributed by atoms with Crippen molar-refractivity contribution in [2.75, 3.05) is 19.8 Å². The average molecular weight is 598 g/mol. The molecule has 0 saturated carbocycles. The molecule has 0 aliphatic carbocycles. The summed E-state index contributed by atoms with van der Waals surface area (Å²) in [5, 5.41) is 12.3.